The van der Waals surface area contributed by atoms with E-state index in [0.717, 1.165) is 19.5 Å². The number of rotatable bonds is 3. The summed E-state index contributed by atoms with van der Waals surface area (Å²) in [5.74, 6) is 1.00. The molecule has 15 heavy (non-hydrogen) atoms. The van der Waals surface area contributed by atoms with E-state index in [0.29, 0.717) is 11.7 Å². The minimum Gasteiger partial charge on any atom is -0.336 e. The third kappa shape index (κ3) is 2.16. The van der Waals surface area contributed by atoms with Crippen LogP contribution in [0.2, 0.25) is 0 Å². The minimum atomic E-state index is -0.0221. The maximum absolute atomic E-state index is 11.9. The molecule has 1 saturated heterocycles. The number of hydrogen-bond donors (Lipinski definition) is 1. The third-order valence-electron chi connectivity index (χ3n) is 2.89. The van der Waals surface area contributed by atoms with Crippen molar-refractivity contribution in [1.29, 1.82) is 0 Å². The largest absolute Gasteiger partial charge is 0.336 e. The molecule has 1 aliphatic rings. The Morgan fingerprint density at radius 2 is 2.60 bits per heavy atom. The molecule has 0 radical (unpaired) electrons. The van der Waals surface area contributed by atoms with E-state index in [1.54, 1.807) is 0 Å². The van der Waals surface area contributed by atoms with E-state index in [-0.39, 0.29) is 5.91 Å². The van der Waals surface area contributed by atoms with E-state index in [9.17, 15) is 4.79 Å². The normalized spacial score (nSPS) is 20.9. The fraction of sp³-hybridized carbons (Fsp3) is 0.700. The highest BCUT2D eigenvalue weighted by atomic mass is 16.2. The number of hydrogen-bond acceptors (Lipinski definition) is 3. The van der Waals surface area contributed by atoms with Gasteiger partial charge in [-0.15, -0.1) is 0 Å². The van der Waals surface area contributed by atoms with Gasteiger partial charge in [0.1, 0.15) is 6.33 Å². The Bertz CT molecular complexity index is 322. The molecular weight excluding hydrogens is 192 g/mol. The Morgan fingerprint density at radius 1 is 1.73 bits per heavy atom. The smallest absolute Gasteiger partial charge is 0.291 e. The maximum Gasteiger partial charge on any atom is 0.291 e. The second-order valence-electron chi connectivity index (χ2n) is 4.03. The van der Waals surface area contributed by atoms with E-state index >= 15 is 0 Å². The summed E-state index contributed by atoms with van der Waals surface area (Å²) in [6.07, 6.45) is 4.88. The predicted octanol–water partition coefficient (Wildman–Crippen LogP) is 1.07. The lowest BCUT2D eigenvalue weighted by Gasteiger charge is -2.14. The standard InChI is InChI=1S/C10H16N4O/c1-2-3-8-4-5-14(6-8)10(15)9-11-7-12-13-9/h7-8H,2-6H2,1H3,(H,11,12,13). The van der Waals surface area contributed by atoms with Gasteiger partial charge in [-0.1, -0.05) is 13.3 Å². The van der Waals surface area contributed by atoms with Crippen molar-refractivity contribution in [1.82, 2.24) is 20.1 Å². The van der Waals surface area contributed by atoms with Gasteiger partial charge in [0.05, 0.1) is 0 Å². The lowest BCUT2D eigenvalue weighted by molar-refractivity contribution is 0.0775. The molecule has 1 atom stereocenters. The zero-order valence-electron chi connectivity index (χ0n) is 8.94. The predicted molar refractivity (Wildman–Crippen MR) is 55.3 cm³/mol. The summed E-state index contributed by atoms with van der Waals surface area (Å²) in [6, 6.07) is 0. The van der Waals surface area contributed by atoms with Crippen molar-refractivity contribution in [3.05, 3.63) is 12.2 Å². The summed E-state index contributed by atoms with van der Waals surface area (Å²) < 4.78 is 0. The van der Waals surface area contributed by atoms with E-state index in [1.807, 2.05) is 4.90 Å². The lowest BCUT2D eigenvalue weighted by atomic mass is 10.0. The number of aromatic amines is 1. The van der Waals surface area contributed by atoms with Crippen LogP contribution in [-0.2, 0) is 0 Å². The highest BCUT2D eigenvalue weighted by Crippen LogP contribution is 2.21. The molecule has 0 aromatic carbocycles. The van der Waals surface area contributed by atoms with Crippen LogP contribution in [0.1, 0.15) is 36.8 Å². The zero-order chi connectivity index (χ0) is 10.7. The number of carbonyl (C=O) groups is 1. The summed E-state index contributed by atoms with van der Waals surface area (Å²) in [4.78, 5) is 17.6. The van der Waals surface area contributed by atoms with Gasteiger partial charge in [-0.3, -0.25) is 9.89 Å². The van der Waals surface area contributed by atoms with Gasteiger partial charge in [0.2, 0.25) is 5.82 Å². The Hall–Kier alpha value is -1.39. The molecule has 1 aliphatic heterocycles. The third-order valence-corrected chi connectivity index (χ3v) is 2.89. The van der Waals surface area contributed by atoms with Gasteiger partial charge in [-0.05, 0) is 18.8 Å². The number of amides is 1. The molecule has 1 aromatic heterocycles. The first-order valence-corrected chi connectivity index (χ1v) is 5.46. The highest BCUT2D eigenvalue weighted by molar-refractivity contribution is 5.90. The lowest BCUT2D eigenvalue weighted by Crippen LogP contribution is -2.29. The summed E-state index contributed by atoms with van der Waals surface area (Å²) in [5, 5.41) is 6.29. The van der Waals surface area contributed by atoms with Crippen LogP contribution in [0.25, 0.3) is 0 Å². The van der Waals surface area contributed by atoms with Gasteiger partial charge in [-0.2, -0.15) is 5.10 Å². The van der Waals surface area contributed by atoms with Crippen LogP contribution >= 0.6 is 0 Å². The number of nitrogens with zero attached hydrogens (tertiary/aromatic N) is 3. The van der Waals surface area contributed by atoms with Gasteiger partial charge in [-0.25, -0.2) is 4.98 Å². The number of likely N-dealkylation sites (tertiary alicyclic amines) is 1. The number of H-pyrrole nitrogens is 1. The first-order chi connectivity index (χ1) is 7.31. The van der Waals surface area contributed by atoms with Crippen molar-refractivity contribution in [3.8, 4) is 0 Å². The topological polar surface area (TPSA) is 61.9 Å². The first-order valence-electron chi connectivity index (χ1n) is 5.46. The molecule has 0 aliphatic carbocycles. The monoisotopic (exact) mass is 208 g/mol. The number of carbonyl (C=O) groups excluding carboxylic acids is 1. The molecule has 1 fully saturated rings. The van der Waals surface area contributed by atoms with Gasteiger partial charge in [0, 0.05) is 13.1 Å². The fourth-order valence-electron chi connectivity index (χ4n) is 2.12. The number of nitrogens with one attached hydrogen (secondary N) is 1. The van der Waals surface area contributed by atoms with Crippen LogP contribution in [0.5, 0.6) is 0 Å². The van der Waals surface area contributed by atoms with E-state index in [1.165, 1.54) is 19.2 Å². The second kappa shape index (κ2) is 4.42. The molecule has 5 heteroatoms. The van der Waals surface area contributed by atoms with Crippen LogP contribution in [0.4, 0.5) is 0 Å². The molecule has 1 N–H and O–H groups in total. The fourth-order valence-corrected chi connectivity index (χ4v) is 2.12. The highest BCUT2D eigenvalue weighted by Gasteiger charge is 2.27. The van der Waals surface area contributed by atoms with Crippen LogP contribution in [-0.4, -0.2) is 39.1 Å². The van der Waals surface area contributed by atoms with Crippen LogP contribution in [0, 0.1) is 5.92 Å². The molecule has 1 unspecified atom stereocenters. The average molecular weight is 208 g/mol. The van der Waals surface area contributed by atoms with Gasteiger partial charge >= 0.3 is 0 Å². The van der Waals surface area contributed by atoms with Crippen molar-refractivity contribution in [3.63, 3.8) is 0 Å². The van der Waals surface area contributed by atoms with Crippen LogP contribution in [0.3, 0.4) is 0 Å². The average Bonchev–Trinajstić information content (AvgIpc) is 2.87. The molecule has 0 saturated carbocycles. The Morgan fingerprint density at radius 3 is 3.27 bits per heavy atom. The molecule has 0 bridgehead atoms. The molecular formula is C10H16N4O. The van der Waals surface area contributed by atoms with Gasteiger partial charge in [0.25, 0.3) is 5.91 Å². The Kier molecular flexibility index (Phi) is 2.99. The Labute approximate surface area is 88.9 Å². The zero-order valence-corrected chi connectivity index (χ0v) is 8.94. The first kappa shape index (κ1) is 10.1. The van der Waals surface area contributed by atoms with E-state index in [4.69, 9.17) is 0 Å². The summed E-state index contributed by atoms with van der Waals surface area (Å²) in [7, 11) is 0. The molecule has 5 nitrogen and oxygen atoms in total. The summed E-state index contributed by atoms with van der Waals surface area (Å²) >= 11 is 0. The van der Waals surface area contributed by atoms with Crippen molar-refractivity contribution in [2.45, 2.75) is 26.2 Å². The minimum absolute atomic E-state index is 0.0221. The van der Waals surface area contributed by atoms with E-state index in [2.05, 4.69) is 22.1 Å². The van der Waals surface area contributed by atoms with Crippen LogP contribution in [0.15, 0.2) is 6.33 Å². The molecule has 82 valence electrons. The van der Waals surface area contributed by atoms with E-state index < -0.39 is 0 Å². The SMILES string of the molecule is CCCC1CCN(C(=O)c2ncn[nH]2)C1. The van der Waals surface area contributed by atoms with Crippen LogP contribution < -0.4 is 0 Å². The quantitative estimate of drug-likeness (QED) is 0.808. The van der Waals surface area contributed by atoms with Crippen molar-refractivity contribution in [2.24, 2.45) is 5.92 Å². The van der Waals surface area contributed by atoms with Gasteiger partial charge < -0.3 is 4.90 Å². The summed E-state index contributed by atoms with van der Waals surface area (Å²) in [6.45, 7) is 3.90. The number of aromatic nitrogens is 3. The molecule has 0 spiro atoms. The van der Waals surface area contributed by atoms with Crippen molar-refractivity contribution < 1.29 is 4.79 Å². The second-order valence-corrected chi connectivity index (χ2v) is 4.03. The summed E-state index contributed by atoms with van der Waals surface area (Å²) in [5.41, 5.74) is 0. The molecule has 2 heterocycles. The van der Waals surface area contributed by atoms with Crippen molar-refractivity contribution >= 4 is 5.91 Å². The van der Waals surface area contributed by atoms with Gasteiger partial charge in [0.15, 0.2) is 0 Å². The maximum atomic E-state index is 11.9. The molecule has 1 amide bonds. The molecule has 1 aromatic rings. The van der Waals surface area contributed by atoms with Crippen molar-refractivity contribution in [2.75, 3.05) is 13.1 Å². The Balaban J connectivity index is 1.93. The molecule has 2 rings (SSSR count).